The van der Waals surface area contributed by atoms with Gasteiger partial charge < -0.3 is 5.11 Å². The van der Waals surface area contributed by atoms with Gasteiger partial charge in [0.1, 0.15) is 6.61 Å². The van der Waals surface area contributed by atoms with Crippen LogP contribution in [0.1, 0.15) is 32.1 Å². The highest BCUT2D eigenvalue weighted by atomic mass is 32.1. The highest BCUT2D eigenvalue weighted by Crippen LogP contribution is 2.22. The number of aliphatic hydroxyl groups is 1. The summed E-state index contributed by atoms with van der Waals surface area (Å²) in [5, 5.41) is 12.1. The van der Waals surface area contributed by atoms with Crippen molar-refractivity contribution in [2.75, 3.05) is 11.9 Å². The second kappa shape index (κ2) is 6.53. The Morgan fingerprint density at radius 3 is 2.71 bits per heavy atom. The molecule has 0 unspecified atom stereocenters. The van der Waals surface area contributed by atoms with Gasteiger partial charge in [0.05, 0.1) is 5.69 Å². The minimum atomic E-state index is -0.209. The zero-order chi connectivity index (χ0) is 15.4. The van der Waals surface area contributed by atoms with Crippen LogP contribution in [0.3, 0.4) is 0 Å². The van der Waals surface area contributed by atoms with Crippen LogP contribution in [0.2, 0.25) is 0 Å². The number of benzene rings is 1. The fraction of sp³-hybridized carbons (Fsp3) is 0.250. The van der Waals surface area contributed by atoms with Crippen molar-refractivity contribution in [3.63, 3.8) is 0 Å². The standard InChI is InChI=1S/C16H16N2O2S/c1-10-7-13(5-4-6-19)9-14(8-10)15(20)18-16-17-11(2)12(3)21-16/h7-9,19H,6H2,1-3H3,(H,17,18,20). The Kier molecular flexibility index (Phi) is 4.73. The molecule has 1 heterocycles. The van der Waals surface area contributed by atoms with Gasteiger partial charge in [0.15, 0.2) is 5.13 Å². The third-order valence-electron chi connectivity index (χ3n) is 2.90. The number of nitrogens with one attached hydrogen (secondary N) is 1. The molecular weight excluding hydrogens is 284 g/mol. The summed E-state index contributed by atoms with van der Waals surface area (Å²) in [5.74, 6) is 5.19. The molecule has 1 amide bonds. The number of hydrogen-bond donors (Lipinski definition) is 2. The maximum atomic E-state index is 12.3. The fourth-order valence-corrected chi connectivity index (χ4v) is 2.63. The number of aryl methyl sites for hydroxylation is 3. The van der Waals surface area contributed by atoms with Gasteiger partial charge in [-0.15, -0.1) is 11.3 Å². The molecule has 4 nitrogen and oxygen atoms in total. The number of thiazole rings is 1. The number of aromatic nitrogens is 1. The van der Waals surface area contributed by atoms with Crippen molar-refractivity contribution in [3.05, 3.63) is 45.5 Å². The lowest BCUT2D eigenvalue weighted by molar-refractivity contribution is 0.102. The van der Waals surface area contributed by atoms with Gasteiger partial charge in [-0.1, -0.05) is 11.8 Å². The number of nitrogens with zero attached hydrogens (tertiary/aromatic N) is 1. The first-order valence-corrected chi connectivity index (χ1v) is 7.28. The number of hydrogen-bond acceptors (Lipinski definition) is 4. The van der Waals surface area contributed by atoms with Crippen LogP contribution in [0.25, 0.3) is 0 Å². The summed E-state index contributed by atoms with van der Waals surface area (Å²) >= 11 is 1.46. The van der Waals surface area contributed by atoms with E-state index < -0.39 is 0 Å². The van der Waals surface area contributed by atoms with E-state index in [0.29, 0.717) is 16.3 Å². The molecule has 108 valence electrons. The molecule has 0 aliphatic heterocycles. The molecule has 0 bridgehead atoms. The molecule has 0 saturated heterocycles. The molecule has 5 heteroatoms. The maximum Gasteiger partial charge on any atom is 0.257 e. The van der Waals surface area contributed by atoms with Crippen LogP contribution in [0, 0.1) is 32.6 Å². The molecule has 2 N–H and O–H groups in total. The molecule has 0 aliphatic rings. The van der Waals surface area contributed by atoms with E-state index in [2.05, 4.69) is 22.1 Å². The van der Waals surface area contributed by atoms with E-state index in [1.54, 1.807) is 12.1 Å². The Bertz CT molecular complexity index is 719. The van der Waals surface area contributed by atoms with Crippen molar-refractivity contribution in [3.8, 4) is 11.8 Å². The van der Waals surface area contributed by atoms with Gasteiger partial charge in [-0.2, -0.15) is 0 Å². The molecule has 2 rings (SSSR count). The molecule has 0 radical (unpaired) electrons. The molecule has 2 aromatic rings. The van der Waals surface area contributed by atoms with Gasteiger partial charge in [0, 0.05) is 16.0 Å². The summed E-state index contributed by atoms with van der Waals surface area (Å²) < 4.78 is 0. The van der Waals surface area contributed by atoms with Crippen LogP contribution in [-0.4, -0.2) is 22.6 Å². The largest absolute Gasteiger partial charge is 0.384 e. The molecule has 0 atom stereocenters. The Labute approximate surface area is 127 Å². The number of anilines is 1. The van der Waals surface area contributed by atoms with Crippen LogP contribution in [-0.2, 0) is 0 Å². The van der Waals surface area contributed by atoms with Gasteiger partial charge in [0.25, 0.3) is 5.91 Å². The van der Waals surface area contributed by atoms with Crippen molar-refractivity contribution < 1.29 is 9.90 Å². The first-order chi connectivity index (χ1) is 9.99. The minimum absolute atomic E-state index is 0.201. The topological polar surface area (TPSA) is 62.2 Å². The molecule has 0 fully saturated rings. The highest BCUT2D eigenvalue weighted by Gasteiger charge is 2.11. The number of rotatable bonds is 2. The van der Waals surface area contributed by atoms with Gasteiger partial charge >= 0.3 is 0 Å². The fourth-order valence-electron chi connectivity index (χ4n) is 1.82. The van der Waals surface area contributed by atoms with Crippen LogP contribution < -0.4 is 5.32 Å². The van der Waals surface area contributed by atoms with Crippen molar-refractivity contribution in [1.29, 1.82) is 0 Å². The van der Waals surface area contributed by atoms with Gasteiger partial charge in [0.2, 0.25) is 0 Å². The molecule has 0 saturated carbocycles. The Hall–Kier alpha value is -2.16. The SMILES string of the molecule is Cc1cc(C#CCO)cc(C(=O)Nc2nc(C)c(C)s2)c1. The number of amides is 1. The maximum absolute atomic E-state index is 12.3. The van der Waals surface area contributed by atoms with E-state index >= 15 is 0 Å². The lowest BCUT2D eigenvalue weighted by Gasteiger charge is -2.04. The summed E-state index contributed by atoms with van der Waals surface area (Å²) in [6, 6.07) is 5.38. The van der Waals surface area contributed by atoms with Crippen molar-refractivity contribution in [2.24, 2.45) is 0 Å². The van der Waals surface area contributed by atoms with E-state index in [-0.39, 0.29) is 12.5 Å². The molecular formula is C16H16N2O2S. The van der Waals surface area contributed by atoms with E-state index in [1.165, 1.54) is 11.3 Å². The second-order valence-electron chi connectivity index (χ2n) is 4.66. The first kappa shape index (κ1) is 15.2. The molecule has 21 heavy (non-hydrogen) atoms. The third-order valence-corrected chi connectivity index (χ3v) is 3.89. The summed E-state index contributed by atoms with van der Waals surface area (Å²) in [6.45, 7) is 5.58. The Morgan fingerprint density at radius 2 is 2.10 bits per heavy atom. The van der Waals surface area contributed by atoms with Crippen LogP contribution >= 0.6 is 11.3 Å². The monoisotopic (exact) mass is 300 g/mol. The predicted octanol–water partition coefficient (Wildman–Crippen LogP) is 2.66. The zero-order valence-corrected chi connectivity index (χ0v) is 13.0. The van der Waals surface area contributed by atoms with Crippen LogP contribution in [0.5, 0.6) is 0 Å². The van der Waals surface area contributed by atoms with E-state index in [9.17, 15) is 4.79 Å². The normalized spacial score (nSPS) is 9.90. The van der Waals surface area contributed by atoms with Gasteiger partial charge in [-0.25, -0.2) is 4.98 Å². The van der Waals surface area contributed by atoms with E-state index in [1.807, 2.05) is 26.8 Å². The summed E-state index contributed by atoms with van der Waals surface area (Å²) in [7, 11) is 0. The number of carbonyl (C=O) groups is 1. The number of carbonyl (C=O) groups excluding carboxylic acids is 1. The highest BCUT2D eigenvalue weighted by molar-refractivity contribution is 7.15. The van der Waals surface area contributed by atoms with Gasteiger partial charge in [-0.05, 0) is 44.5 Å². The molecule has 0 spiro atoms. The Morgan fingerprint density at radius 1 is 1.33 bits per heavy atom. The quantitative estimate of drug-likeness (QED) is 0.838. The summed E-state index contributed by atoms with van der Waals surface area (Å²) in [6.07, 6.45) is 0. The lowest BCUT2D eigenvalue weighted by Crippen LogP contribution is -2.12. The average Bonchev–Trinajstić information content (AvgIpc) is 2.74. The van der Waals surface area contributed by atoms with Gasteiger partial charge in [-0.3, -0.25) is 10.1 Å². The van der Waals surface area contributed by atoms with E-state index in [4.69, 9.17) is 5.11 Å². The van der Waals surface area contributed by atoms with Crippen molar-refractivity contribution in [1.82, 2.24) is 4.98 Å². The second-order valence-corrected chi connectivity index (χ2v) is 5.87. The summed E-state index contributed by atoms with van der Waals surface area (Å²) in [4.78, 5) is 17.7. The summed E-state index contributed by atoms with van der Waals surface area (Å²) in [5.41, 5.74) is 3.11. The molecule has 0 aliphatic carbocycles. The predicted molar refractivity (Wildman–Crippen MR) is 84.7 cm³/mol. The zero-order valence-electron chi connectivity index (χ0n) is 12.2. The molecule has 1 aromatic heterocycles. The number of aliphatic hydroxyl groups excluding tert-OH is 1. The van der Waals surface area contributed by atoms with Crippen LogP contribution in [0.4, 0.5) is 5.13 Å². The minimum Gasteiger partial charge on any atom is -0.384 e. The van der Waals surface area contributed by atoms with Crippen LogP contribution in [0.15, 0.2) is 18.2 Å². The van der Waals surface area contributed by atoms with E-state index in [0.717, 1.165) is 16.1 Å². The average molecular weight is 300 g/mol. The van der Waals surface area contributed by atoms with Crippen molar-refractivity contribution in [2.45, 2.75) is 20.8 Å². The smallest absolute Gasteiger partial charge is 0.257 e. The van der Waals surface area contributed by atoms with Crippen molar-refractivity contribution >= 4 is 22.4 Å². The lowest BCUT2D eigenvalue weighted by atomic mass is 10.1. The Balaban J connectivity index is 2.24. The first-order valence-electron chi connectivity index (χ1n) is 6.46. The third kappa shape index (κ3) is 3.91. The molecule has 1 aromatic carbocycles.